The molecule has 3 aliphatic rings. The second kappa shape index (κ2) is 37.0. The summed E-state index contributed by atoms with van der Waals surface area (Å²) in [5, 5.41) is 0. The third-order valence-electron chi connectivity index (χ3n) is 10.7. The molecule has 0 aromatic heterocycles. The van der Waals surface area contributed by atoms with Gasteiger partial charge in [-0.2, -0.15) is 0 Å². The highest BCUT2D eigenvalue weighted by molar-refractivity contribution is 5.83. The average molecular weight is 849 g/mol. The van der Waals surface area contributed by atoms with E-state index in [1.807, 2.05) is 12.2 Å². The molecule has 3 fully saturated rings. The molecule has 12 nitrogen and oxygen atoms in total. The smallest absolute Gasteiger partial charge is 0.330 e. The third kappa shape index (κ3) is 29.6. The number of hydrogen-bond donors (Lipinski definition) is 0. The van der Waals surface area contributed by atoms with Crippen LogP contribution in [0.15, 0.2) is 36.5 Å². The van der Waals surface area contributed by atoms with Gasteiger partial charge in [0.25, 0.3) is 0 Å². The van der Waals surface area contributed by atoms with Crippen molar-refractivity contribution in [2.45, 2.75) is 198 Å². The Kier molecular flexibility index (Phi) is 31.9. The first-order valence-corrected chi connectivity index (χ1v) is 23.8. The molecule has 0 aromatic rings. The van der Waals surface area contributed by atoms with Crippen LogP contribution in [0.5, 0.6) is 0 Å². The highest BCUT2D eigenvalue weighted by Crippen LogP contribution is 2.17. The Morgan fingerprint density at radius 1 is 0.433 bits per heavy atom. The number of carbonyl (C=O) groups is 3. The molecule has 0 bridgehead atoms. The lowest BCUT2D eigenvalue weighted by molar-refractivity contribution is -0.163. The number of carbonyl (C=O) groups excluding carboxylic acids is 3. The van der Waals surface area contributed by atoms with E-state index in [1.165, 1.54) is 37.5 Å². The number of allylic oxidation sites excluding steroid dienone is 3. The van der Waals surface area contributed by atoms with Crippen LogP contribution < -0.4 is 0 Å². The molecule has 0 radical (unpaired) electrons. The fourth-order valence-electron chi connectivity index (χ4n) is 7.16. The van der Waals surface area contributed by atoms with Crippen LogP contribution in [-0.4, -0.2) is 95.7 Å². The molecule has 3 heterocycles. The van der Waals surface area contributed by atoms with Crippen molar-refractivity contribution in [2.75, 3.05) is 52.9 Å². The van der Waals surface area contributed by atoms with Gasteiger partial charge < -0.3 is 42.6 Å². The first-order valence-electron chi connectivity index (χ1n) is 23.8. The molecule has 0 amide bonds. The zero-order chi connectivity index (χ0) is 42.4. The molecule has 3 rings (SSSR count). The summed E-state index contributed by atoms with van der Waals surface area (Å²) in [5.74, 6) is -1.62. The lowest BCUT2D eigenvalue weighted by Crippen LogP contribution is -2.30. The van der Waals surface area contributed by atoms with Crippen molar-refractivity contribution in [3.63, 3.8) is 0 Å². The van der Waals surface area contributed by atoms with E-state index < -0.39 is 24.0 Å². The molecular formula is C48H80O12. The lowest BCUT2D eigenvalue weighted by atomic mass is 10.1. The molecule has 3 atom stereocenters. The van der Waals surface area contributed by atoms with Gasteiger partial charge in [-0.15, -0.1) is 0 Å². The molecule has 60 heavy (non-hydrogen) atoms. The van der Waals surface area contributed by atoms with Crippen LogP contribution in [0.3, 0.4) is 0 Å². The molecule has 0 N–H and O–H groups in total. The monoisotopic (exact) mass is 849 g/mol. The maximum absolute atomic E-state index is 12.7. The first-order chi connectivity index (χ1) is 29.6. The highest BCUT2D eigenvalue weighted by atomic mass is 16.7. The standard InChI is InChI=1S/C48H80O12/c49-43(28-16-10-4-1-7-13-22-34-52-46-31-19-25-37-55-46)58-40-42(60-45(51)30-18-12-6-3-9-15-24-36-54-48-33-21-27-39-57-48)41-59-44(50)29-17-11-5-2-8-14-23-35-53-47-32-20-26-38-56-47/h16-18,28-30,42,46-48H,1-15,19-27,31-41H2. The van der Waals surface area contributed by atoms with Crippen LogP contribution in [0.4, 0.5) is 0 Å². The number of esters is 3. The molecule has 12 heteroatoms. The van der Waals surface area contributed by atoms with Gasteiger partial charge in [-0.25, -0.2) is 14.4 Å². The van der Waals surface area contributed by atoms with E-state index in [0.717, 1.165) is 194 Å². The van der Waals surface area contributed by atoms with Crippen LogP contribution in [-0.2, 0) is 57.0 Å². The first kappa shape index (κ1) is 51.7. The maximum Gasteiger partial charge on any atom is 0.330 e. The van der Waals surface area contributed by atoms with Gasteiger partial charge in [0.1, 0.15) is 13.2 Å². The van der Waals surface area contributed by atoms with E-state index in [9.17, 15) is 14.4 Å². The van der Waals surface area contributed by atoms with Gasteiger partial charge >= 0.3 is 17.9 Å². The molecule has 344 valence electrons. The predicted octanol–water partition coefficient (Wildman–Crippen LogP) is 10.3. The fourth-order valence-corrected chi connectivity index (χ4v) is 7.16. The molecule has 0 aromatic carbocycles. The Labute approximate surface area is 361 Å². The third-order valence-corrected chi connectivity index (χ3v) is 10.7. The average Bonchev–Trinajstić information content (AvgIpc) is 3.27. The van der Waals surface area contributed by atoms with Gasteiger partial charge in [0.2, 0.25) is 0 Å². The van der Waals surface area contributed by atoms with Crippen molar-refractivity contribution >= 4 is 17.9 Å². The van der Waals surface area contributed by atoms with E-state index in [0.29, 0.717) is 0 Å². The maximum atomic E-state index is 12.7. The summed E-state index contributed by atoms with van der Waals surface area (Å²) < 4.78 is 50.5. The summed E-state index contributed by atoms with van der Waals surface area (Å²) in [6.07, 6.45) is 36.6. The summed E-state index contributed by atoms with van der Waals surface area (Å²) >= 11 is 0. The van der Waals surface area contributed by atoms with E-state index in [1.54, 1.807) is 6.08 Å². The summed E-state index contributed by atoms with van der Waals surface area (Å²) in [5.41, 5.74) is 0. The summed E-state index contributed by atoms with van der Waals surface area (Å²) in [6, 6.07) is 0. The Hall–Kier alpha value is -2.61. The molecular weight excluding hydrogens is 769 g/mol. The van der Waals surface area contributed by atoms with Gasteiger partial charge in [-0.05, 0) is 116 Å². The number of unbranched alkanes of at least 4 members (excludes halogenated alkanes) is 15. The van der Waals surface area contributed by atoms with E-state index in [2.05, 4.69) is 0 Å². The SMILES string of the molecule is O=C(C=CCCCCCCCOC1CCCCO1)OCC(COC(=O)C=CCCCCCCCOC1CCCCO1)OC(=O)C=CCCCCCCCOC1CCCCO1. The van der Waals surface area contributed by atoms with Crippen LogP contribution in [0.2, 0.25) is 0 Å². The van der Waals surface area contributed by atoms with E-state index in [-0.39, 0.29) is 32.1 Å². The minimum Gasteiger partial charge on any atom is -0.458 e. The van der Waals surface area contributed by atoms with Gasteiger partial charge in [0.15, 0.2) is 25.0 Å². The Morgan fingerprint density at radius 3 is 1.12 bits per heavy atom. The minimum absolute atomic E-state index is 0.0250. The molecule has 3 unspecified atom stereocenters. The van der Waals surface area contributed by atoms with Gasteiger partial charge in [-0.3, -0.25) is 0 Å². The van der Waals surface area contributed by atoms with E-state index in [4.69, 9.17) is 42.6 Å². The molecule has 0 aliphatic carbocycles. The Balaban J connectivity index is 1.26. The van der Waals surface area contributed by atoms with Crippen molar-refractivity contribution in [3.05, 3.63) is 36.5 Å². The van der Waals surface area contributed by atoms with Crippen molar-refractivity contribution in [3.8, 4) is 0 Å². The van der Waals surface area contributed by atoms with E-state index >= 15 is 0 Å². The van der Waals surface area contributed by atoms with Gasteiger partial charge in [0.05, 0.1) is 0 Å². The number of ether oxygens (including phenoxy) is 9. The van der Waals surface area contributed by atoms with Gasteiger partial charge in [-0.1, -0.05) is 76.0 Å². The lowest BCUT2D eigenvalue weighted by Gasteiger charge is -2.22. The van der Waals surface area contributed by atoms with Crippen LogP contribution in [0, 0.1) is 0 Å². The Bertz CT molecular complexity index is 1090. The van der Waals surface area contributed by atoms with Gasteiger partial charge in [0, 0.05) is 57.9 Å². The molecule has 0 saturated carbocycles. The summed E-state index contributed by atoms with van der Waals surface area (Å²) in [6.45, 7) is 4.17. The molecule has 3 aliphatic heterocycles. The van der Waals surface area contributed by atoms with Crippen LogP contribution in [0.25, 0.3) is 0 Å². The summed E-state index contributed by atoms with van der Waals surface area (Å²) in [7, 11) is 0. The number of rotatable bonds is 35. The zero-order valence-corrected chi connectivity index (χ0v) is 36.9. The van der Waals surface area contributed by atoms with Crippen molar-refractivity contribution in [1.82, 2.24) is 0 Å². The topological polar surface area (TPSA) is 134 Å². The predicted molar refractivity (Wildman–Crippen MR) is 231 cm³/mol. The molecule has 0 spiro atoms. The van der Waals surface area contributed by atoms with Crippen LogP contribution >= 0.6 is 0 Å². The van der Waals surface area contributed by atoms with Crippen LogP contribution in [0.1, 0.15) is 173 Å². The Morgan fingerprint density at radius 2 is 0.767 bits per heavy atom. The normalized spacial score (nSPS) is 20.5. The highest BCUT2D eigenvalue weighted by Gasteiger charge is 2.18. The second-order valence-corrected chi connectivity index (χ2v) is 16.2. The minimum atomic E-state index is -0.930. The van der Waals surface area contributed by atoms with Crippen molar-refractivity contribution in [2.24, 2.45) is 0 Å². The zero-order valence-electron chi connectivity index (χ0n) is 36.9. The quantitative estimate of drug-likeness (QED) is 0.0260. The number of hydrogen-bond acceptors (Lipinski definition) is 12. The molecule has 3 saturated heterocycles. The van der Waals surface area contributed by atoms with Crippen molar-refractivity contribution < 1.29 is 57.0 Å². The fraction of sp³-hybridized carbons (Fsp3) is 0.812. The largest absolute Gasteiger partial charge is 0.458 e. The summed E-state index contributed by atoms with van der Waals surface area (Å²) in [4.78, 5) is 37.6. The second-order valence-electron chi connectivity index (χ2n) is 16.2. The van der Waals surface area contributed by atoms with Crippen molar-refractivity contribution in [1.29, 1.82) is 0 Å².